The third kappa shape index (κ3) is 5.18. The Labute approximate surface area is 183 Å². The zero-order valence-electron chi connectivity index (χ0n) is 19.4. The molecule has 3 aliphatic rings. The van der Waals surface area contributed by atoms with E-state index >= 15 is 0 Å². The van der Waals surface area contributed by atoms with Crippen molar-refractivity contribution in [1.29, 1.82) is 0 Å². The highest BCUT2D eigenvalue weighted by Crippen LogP contribution is 2.59. The Hall–Kier alpha value is -1.16. The summed E-state index contributed by atoms with van der Waals surface area (Å²) in [6, 6.07) is 0. The molecular weight excluding hydrogens is 372 g/mol. The molecule has 0 heterocycles. The molecule has 3 nitrogen and oxygen atoms in total. The van der Waals surface area contributed by atoms with Crippen molar-refractivity contribution < 1.29 is 15.3 Å². The molecule has 3 aliphatic carbocycles. The molecule has 3 heteroatoms. The number of hydrogen-bond acceptors (Lipinski definition) is 3. The minimum Gasteiger partial charge on any atom is -0.390 e. The van der Waals surface area contributed by atoms with Crippen LogP contribution in [0.25, 0.3) is 0 Å². The summed E-state index contributed by atoms with van der Waals surface area (Å²) in [4.78, 5) is 0. The fourth-order valence-electron chi connectivity index (χ4n) is 6.27. The Balaban J connectivity index is 1.72. The molecule has 0 aromatic heterocycles. The van der Waals surface area contributed by atoms with Gasteiger partial charge >= 0.3 is 0 Å². The zero-order valence-corrected chi connectivity index (χ0v) is 19.4. The standard InChI is InChI=1S/C27H42O3/c1-18(8-6-14-26(3,4)30)22-12-13-23-21(9-7-15-27(22,23)5)11-10-20-16-24(28)19(2)25(29)17-20/h6,8,10-11,18,22-25,28-30H,2,7,9,12-17H2,1,3-5H3/b8-6+,20-10?,21-11+. The molecule has 0 bridgehead atoms. The van der Waals surface area contributed by atoms with Gasteiger partial charge in [0.05, 0.1) is 17.8 Å². The highest BCUT2D eigenvalue weighted by atomic mass is 16.3. The van der Waals surface area contributed by atoms with E-state index in [1.165, 1.54) is 25.7 Å². The van der Waals surface area contributed by atoms with Gasteiger partial charge in [0.1, 0.15) is 0 Å². The van der Waals surface area contributed by atoms with Gasteiger partial charge in [0.2, 0.25) is 0 Å². The lowest BCUT2D eigenvalue weighted by Gasteiger charge is -2.44. The predicted octanol–water partition coefficient (Wildman–Crippen LogP) is 5.48. The van der Waals surface area contributed by atoms with Gasteiger partial charge in [-0.25, -0.2) is 0 Å². The molecule has 3 rings (SSSR count). The van der Waals surface area contributed by atoms with Crippen LogP contribution in [0.15, 0.2) is 47.6 Å². The van der Waals surface area contributed by atoms with Crippen molar-refractivity contribution >= 4 is 0 Å². The van der Waals surface area contributed by atoms with Crippen molar-refractivity contribution in [3.05, 3.63) is 47.6 Å². The molecule has 0 aliphatic heterocycles. The predicted molar refractivity (Wildman–Crippen MR) is 124 cm³/mol. The van der Waals surface area contributed by atoms with E-state index in [9.17, 15) is 15.3 Å². The third-order valence-corrected chi connectivity index (χ3v) is 8.03. The van der Waals surface area contributed by atoms with E-state index < -0.39 is 17.8 Å². The molecule has 6 unspecified atom stereocenters. The molecule has 168 valence electrons. The second-order valence-corrected chi connectivity index (χ2v) is 11.0. The Morgan fingerprint density at radius 1 is 1.17 bits per heavy atom. The van der Waals surface area contributed by atoms with Crippen LogP contribution in [0.5, 0.6) is 0 Å². The Morgan fingerprint density at radius 3 is 2.47 bits per heavy atom. The van der Waals surface area contributed by atoms with Gasteiger partial charge in [0.25, 0.3) is 0 Å². The second-order valence-electron chi connectivity index (χ2n) is 11.0. The summed E-state index contributed by atoms with van der Waals surface area (Å²) in [7, 11) is 0. The number of hydrogen-bond donors (Lipinski definition) is 3. The van der Waals surface area contributed by atoms with Crippen LogP contribution in [0.4, 0.5) is 0 Å². The molecule has 0 aromatic carbocycles. The minimum atomic E-state index is -0.640. The molecule has 0 amide bonds. The van der Waals surface area contributed by atoms with Crippen LogP contribution in [0.1, 0.15) is 79.1 Å². The quantitative estimate of drug-likeness (QED) is 0.522. The number of aliphatic hydroxyl groups is 3. The van der Waals surface area contributed by atoms with Crippen LogP contribution < -0.4 is 0 Å². The highest BCUT2D eigenvalue weighted by Gasteiger charge is 2.50. The van der Waals surface area contributed by atoms with Crippen LogP contribution >= 0.6 is 0 Å². The number of allylic oxidation sites excluding steroid dienone is 4. The minimum absolute atomic E-state index is 0.334. The molecule has 0 saturated heterocycles. The van der Waals surface area contributed by atoms with E-state index in [1.807, 2.05) is 13.8 Å². The Bertz CT molecular complexity index is 707. The largest absolute Gasteiger partial charge is 0.390 e. The van der Waals surface area contributed by atoms with Gasteiger partial charge in [-0.05, 0) is 94.0 Å². The SMILES string of the molecule is C=C1C(O)CC(=C/C=C2\CCCC3(C)C2CCC3C(C)/C=C/CC(C)(C)O)CC1O. The zero-order chi connectivity index (χ0) is 22.1. The molecule has 3 N–H and O–H groups in total. The van der Waals surface area contributed by atoms with E-state index in [0.29, 0.717) is 48.0 Å². The molecule has 6 atom stereocenters. The van der Waals surface area contributed by atoms with E-state index in [4.69, 9.17) is 0 Å². The summed E-state index contributed by atoms with van der Waals surface area (Å²) in [5.41, 5.74) is 2.93. The van der Waals surface area contributed by atoms with E-state index in [1.54, 1.807) is 5.57 Å². The maximum Gasteiger partial charge on any atom is 0.0809 e. The monoisotopic (exact) mass is 414 g/mol. The Morgan fingerprint density at radius 2 is 1.83 bits per heavy atom. The van der Waals surface area contributed by atoms with E-state index in [-0.39, 0.29) is 0 Å². The molecular formula is C27H42O3. The van der Waals surface area contributed by atoms with Crippen molar-refractivity contribution in [2.24, 2.45) is 23.2 Å². The summed E-state index contributed by atoms with van der Waals surface area (Å²) in [5.74, 6) is 1.83. The van der Waals surface area contributed by atoms with Gasteiger partial charge in [-0.2, -0.15) is 0 Å². The summed E-state index contributed by atoms with van der Waals surface area (Å²) < 4.78 is 0. The first-order valence-corrected chi connectivity index (χ1v) is 11.8. The molecule has 0 spiro atoms. The average molecular weight is 415 g/mol. The summed E-state index contributed by atoms with van der Waals surface area (Å²) in [5, 5.41) is 30.2. The first kappa shape index (κ1) is 23.5. The van der Waals surface area contributed by atoms with Crippen LogP contribution in [0, 0.1) is 23.2 Å². The Kier molecular flexibility index (Phi) is 7.16. The van der Waals surface area contributed by atoms with Gasteiger partial charge in [0.15, 0.2) is 0 Å². The van der Waals surface area contributed by atoms with Crippen molar-refractivity contribution in [3.63, 3.8) is 0 Å². The number of aliphatic hydroxyl groups excluding tert-OH is 2. The van der Waals surface area contributed by atoms with Crippen LogP contribution in [0.2, 0.25) is 0 Å². The lowest BCUT2D eigenvalue weighted by molar-refractivity contribution is 0.0832. The van der Waals surface area contributed by atoms with Crippen molar-refractivity contribution in [2.45, 2.75) is 96.9 Å². The third-order valence-electron chi connectivity index (χ3n) is 8.03. The fourth-order valence-corrected chi connectivity index (χ4v) is 6.27. The second kappa shape index (κ2) is 9.14. The summed E-state index contributed by atoms with van der Waals surface area (Å²) in [6.45, 7) is 12.4. The smallest absolute Gasteiger partial charge is 0.0809 e. The van der Waals surface area contributed by atoms with Crippen molar-refractivity contribution in [3.8, 4) is 0 Å². The highest BCUT2D eigenvalue weighted by molar-refractivity contribution is 5.29. The number of fused-ring (bicyclic) bond motifs is 1. The molecule has 3 fully saturated rings. The lowest BCUT2D eigenvalue weighted by atomic mass is 9.61. The molecule has 3 saturated carbocycles. The molecule has 0 radical (unpaired) electrons. The van der Waals surface area contributed by atoms with Crippen LogP contribution in [0.3, 0.4) is 0 Å². The van der Waals surface area contributed by atoms with Gasteiger partial charge in [-0.1, -0.05) is 55.9 Å². The summed E-state index contributed by atoms with van der Waals surface area (Å²) in [6.07, 6.45) is 15.8. The van der Waals surface area contributed by atoms with Crippen LogP contribution in [-0.4, -0.2) is 33.1 Å². The maximum atomic E-state index is 10.1. The first-order valence-electron chi connectivity index (χ1n) is 11.8. The normalized spacial score (nSPS) is 37.6. The van der Waals surface area contributed by atoms with Crippen molar-refractivity contribution in [1.82, 2.24) is 0 Å². The van der Waals surface area contributed by atoms with Gasteiger partial charge in [-0.15, -0.1) is 0 Å². The average Bonchev–Trinajstić information content (AvgIpc) is 3.00. The first-order chi connectivity index (χ1) is 14.0. The maximum absolute atomic E-state index is 10.1. The molecule has 30 heavy (non-hydrogen) atoms. The van der Waals surface area contributed by atoms with Gasteiger partial charge < -0.3 is 15.3 Å². The lowest BCUT2D eigenvalue weighted by Crippen LogP contribution is -2.35. The molecule has 0 aromatic rings. The topological polar surface area (TPSA) is 60.7 Å². The fraction of sp³-hybridized carbons (Fsp3) is 0.704. The van der Waals surface area contributed by atoms with Gasteiger partial charge in [-0.3, -0.25) is 0 Å². The van der Waals surface area contributed by atoms with Crippen molar-refractivity contribution in [2.75, 3.05) is 0 Å². The van der Waals surface area contributed by atoms with E-state index in [0.717, 1.165) is 12.0 Å². The summed E-state index contributed by atoms with van der Waals surface area (Å²) >= 11 is 0. The van der Waals surface area contributed by atoms with Gasteiger partial charge in [0, 0.05) is 0 Å². The van der Waals surface area contributed by atoms with E-state index in [2.05, 4.69) is 44.7 Å². The van der Waals surface area contributed by atoms with Crippen LogP contribution in [-0.2, 0) is 0 Å². The number of rotatable bonds is 5.